The van der Waals surface area contributed by atoms with Crippen molar-refractivity contribution in [2.45, 2.75) is 69.9 Å². The summed E-state index contributed by atoms with van der Waals surface area (Å²) in [5.41, 5.74) is 6.83. The lowest BCUT2D eigenvalue weighted by atomic mass is 9.84. The summed E-state index contributed by atoms with van der Waals surface area (Å²) >= 11 is 0. The molecule has 36 heavy (non-hydrogen) atoms. The van der Waals surface area contributed by atoms with Crippen LogP contribution in [0.4, 0.5) is 4.79 Å². The number of carboxylic acids is 1. The van der Waals surface area contributed by atoms with Crippen LogP contribution in [0.3, 0.4) is 0 Å². The van der Waals surface area contributed by atoms with Crippen LogP contribution in [-0.2, 0) is 23.0 Å². The molecule has 3 unspecified atom stereocenters. The Morgan fingerprint density at radius 1 is 1.19 bits per heavy atom. The van der Waals surface area contributed by atoms with E-state index in [0.29, 0.717) is 12.3 Å². The second-order valence-electron chi connectivity index (χ2n) is 10.7. The number of hydrogen-bond acceptors (Lipinski definition) is 5. The number of amides is 1. The van der Waals surface area contributed by atoms with E-state index in [2.05, 4.69) is 22.4 Å². The topological polar surface area (TPSA) is 97.6 Å². The fraction of sp³-hybridized carbons (Fsp3) is 0.500. The second-order valence-corrected chi connectivity index (χ2v) is 10.7. The number of hydrogen-bond donors (Lipinski definition) is 1. The standard InChI is InChI=1S/C28H32N4O4/c1-16-20(10-11-23-26(16)29-30-31(23)2)21(14-25(33)34)18-8-9-19-13-24-27(22(19)12-18)32(28(35)36-24)15-17-6-4-3-5-7-17/h8-12,17,21,24,27H,3-7,13-15H2,1-2H3,(H,33,34). The zero-order valence-electron chi connectivity index (χ0n) is 20.8. The van der Waals surface area contributed by atoms with Crippen LogP contribution in [0.25, 0.3) is 11.0 Å². The summed E-state index contributed by atoms with van der Waals surface area (Å²) < 4.78 is 7.54. The molecule has 2 aromatic carbocycles. The molecule has 1 aliphatic heterocycles. The van der Waals surface area contributed by atoms with E-state index in [1.807, 2.05) is 37.1 Å². The number of benzene rings is 2. The first-order valence-electron chi connectivity index (χ1n) is 13.0. The highest BCUT2D eigenvalue weighted by atomic mass is 16.6. The first-order chi connectivity index (χ1) is 17.4. The highest BCUT2D eigenvalue weighted by molar-refractivity contribution is 5.80. The average molecular weight is 489 g/mol. The van der Waals surface area contributed by atoms with Gasteiger partial charge in [-0.15, -0.1) is 5.10 Å². The molecule has 1 saturated heterocycles. The molecule has 2 heterocycles. The third kappa shape index (κ3) is 3.83. The number of carbonyl (C=O) groups excluding carboxylic acids is 1. The van der Waals surface area contributed by atoms with Crippen molar-refractivity contribution in [1.29, 1.82) is 0 Å². The number of nitrogens with zero attached hydrogens (tertiary/aromatic N) is 4. The van der Waals surface area contributed by atoms with E-state index in [1.165, 1.54) is 37.7 Å². The first-order valence-corrected chi connectivity index (χ1v) is 13.0. The van der Waals surface area contributed by atoms with Crippen LogP contribution in [0.1, 0.15) is 78.3 Å². The van der Waals surface area contributed by atoms with Crippen molar-refractivity contribution in [3.8, 4) is 0 Å². The Bertz CT molecular complexity index is 1340. The minimum Gasteiger partial charge on any atom is -0.481 e. The molecule has 6 rings (SSSR count). The highest BCUT2D eigenvalue weighted by Gasteiger charge is 2.48. The zero-order valence-corrected chi connectivity index (χ0v) is 20.8. The molecule has 3 atom stereocenters. The normalized spacial score (nSPS) is 22.5. The molecule has 8 heteroatoms. The van der Waals surface area contributed by atoms with Gasteiger partial charge in [0.2, 0.25) is 0 Å². The first kappa shape index (κ1) is 23.0. The van der Waals surface area contributed by atoms with Gasteiger partial charge in [0, 0.05) is 25.9 Å². The Kier molecular flexibility index (Phi) is 5.69. The Labute approximate surface area is 210 Å². The maximum absolute atomic E-state index is 12.8. The van der Waals surface area contributed by atoms with Crippen molar-refractivity contribution in [2.75, 3.05) is 6.54 Å². The minimum absolute atomic E-state index is 0.0271. The van der Waals surface area contributed by atoms with Gasteiger partial charge in [-0.1, -0.05) is 48.7 Å². The average Bonchev–Trinajstić information content (AvgIpc) is 3.51. The molecule has 1 amide bonds. The molecule has 3 aliphatic rings. The fourth-order valence-electron chi connectivity index (χ4n) is 6.65. The van der Waals surface area contributed by atoms with Gasteiger partial charge in [-0.05, 0) is 59.6 Å². The molecule has 0 bridgehead atoms. The largest absolute Gasteiger partial charge is 0.481 e. The van der Waals surface area contributed by atoms with Crippen molar-refractivity contribution in [3.63, 3.8) is 0 Å². The van der Waals surface area contributed by atoms with Crippen LogP contribution in [0.2, 0.25) is 0 Å². The summed E-state index contributed by atoms with van der Waals surface area (Å²) in [6, 6.07) is 10.1. The van der Waals surface area contributed by atoms with E-state index in [0.717, 1.165) is 39.8 Å². The maximum Gasteiger partial charge on any atom is 0.410 e. The summed E-state index contributed by atoms with van der Waals surface area (Å²) in [5, 5.41) is 18.3. The van der Waals surface area contributed by atoms with E-state index in [-0.39, 0.29) is 30.6 Å². The second kappa shape index (κ2) is 8.91. The van der Waals surface area contributed by atoms with Gasteiger partial charge in [0.1, 0.15) is 11.6 Å². The number of carboxylic acid groups (broad SMARTS) is 1. The highest BCUT2D eigenvalue weighted by Crippen LogP contribution is 2.45. The van der Waals surface area contributed by atoms with E-state index in [9.17, 15) is 14.7 Å². The summed E-state index contributed by atoms with van der Waals surface area (Å²) in [6.07, 6.45) is 6.38. The van der Waals surface area contributed by atoms with E-state index >= 15 is 0 Å². The third-order valence-corrected chi connectivity index (χ3v) is 8.50. The van der Waals surface area contributed by atoms with Gasteiger partial charge in [0.15, 0.2) is 0 Å². The van der Waals surface area contributed by atoms with E-state index in [1.54, 1.807) is 4.68 Å². The lowest BCUT2D eigenvalue weighted by molar-refractivity contribution is -0.137. The van der Waals surface area contributed by atoms with Crippen LogP contribution in [0, 0.1) is 12.8 Å². The molecule has 1 aromatic heterocycles. The Balaban J connectivity index is 1.37. The van der Waals surface area contributed by atoms with Gasteiger partial charge in [-0.25, -0.2) is 9.48 Å². The zero-order chi connectivity index (χ0) is 25.0. The number of fused-ring (bicyclic) bond motifs is 4. The number of aromatic nitrogens is 3. The monoisotopic (exact) mass is 488 g/mol. The van der Waals surface area contributed by atoms with Crippen molar-refractivity contribution in [1.82, 2.24) is 19.9 Å². The Morgan fingerprint density at radius 3 is 2.78 bits per heavy atom. The fourth-order valence-corrected chi connectivity index (χ4v) is 6.65. The van der Waals surface area contributed by atoms with Gasteiger partial charge < -0.3 is 9.84 Å². The lowest BCUT2D eigenvalue weighted by Gasteiger charge is -2.29. The van der Waals surface area contributed by atoms with Gasteiger partial charge >= 0.3 is 12.1 Å². The van der Waals surface area contributed by atoms with Gasteiger partial charge in [-0.3, -0.25) is 9.69 Å². The summed E-state index contributed by atoms with van der Waals surface area (Å²) in [6.45, 7) is 2.73. The Hall–Kier alpha value is -3.42. The van der Waals surface area contributed by atoms with Crippen LogP contribution < -0.4 is 0 Å². The summed E-state index contributed by atoms with van der Waals surface area (Å²) in [7, 11) is 1.85. The van der Waals surface area contributed by atoms with Crippen LogP contribution in [0.5, 0.6) is 0 Å². The molecule has 1 N–H and O–H groups in total. The predicted octanol–water partition coefficient (Wildman–Crippen LogP) is 4.88. The molecular formula is C28H32N4O4. The minimum atomic E-state index is -0.852. The predicted molar refractivity (Wildman–Crippen MR) is 134 cm³/mol. The van der Waals surface area contributed by atoms with Crippen LogP contribution in [-0.4, -0.2) is 49.7 Å². The number of aliphatic carboxylic acids is 1. The van der Waals surface area contributed by atoms with Crippen molar-refractivity contribution in [2.24, 2.45) is 13.0 Å². The van der Waals surface area contributed by atoms with Crippen molar-refractivity contribution < 1.29 is 19.4 Å². The van der Waals surface area contributed by atoms with Crippen LogP contribution >= 0.6 is 0 Å². The van der Waals surface area contributed by atoms with Gasteiger partial charge in [0.25, 0.3) is 0 Å². The van der Waals surface area contributed by atoms with Crippen molar-refractivity contribution >= 4 is 23.1 Å². The molecule has 8 nitrogen and oxygen atoms in total. The third-order valence-electron chi connectivity index (χ3n) is 8.50. The molecule has 2 fully saturated rings. The molecule has 3 aromatic rings. The van der Waals surface area contributed by atoms with Crippen LogP contribution in [0.15, 0.2) is 30.3 Å². The smallest absolute Gasteiger partial charge is 0.410 e. The SMILES string of the molecule is Cc1c(C(CC(=O)O)c2ccc3c(c2)C2C(C3)OC(=O)N2CC2CCCCC2)ccc2c1nnn2C. The van der Waals surface area contributed by atoms with Crippen molar-refractivity contribution in [3.05, 3.63) is 58.1 Å². The lowest BCUT2D eigenvalue weighted by Crippen LogP contribution is -2.33. The number of rotatable bonds is 6. The van der Waals surface area contributed by atoms with E-state index < -0.39 is 5.97 Å². The van der Waals surface area contributed by atoms with Gasteiger partial charge in [0.05, 0.1) is 18.0 Å². The van der Waals surface area contributed by atoms with E-state index in [4.69, 9.17) is 4.74 Å². The quantitative estimate of drug-likeness (QED) is 0.531. The number of carbonyl (C=O) groups is 2. The molecule has 0 radical (unpaired) electrons. The summed E-state index contributed by atoms with van der Waals surface area (Å²) in [4.78, 5) is 26.7. The molecule has 1 saturated carbocycles. The Morgan fingerprint density at radius 2 is 2.00 bits per heavy atom. The molecule has 0 spiro atoms. The number of ether oxygens (including phenoxy) is 1. The molecule has 2 aliphatic carbocycles. The molecular weight excluding hydrogens is 456 g/mol. The molecule has 188 valence electrons. The summed E-state index contributed by atoms with van der Waals surface area (Å²) in [5.74, 6) is -0.656. The van der Waals surface area contributed by atoms with Gasteiger partial charge in [-0.2, -0.15) is 0 Å². The maximum atomic E-state index is 12.8. The number of aryl methyl sites for hydroxylation is 2.